The largest absolute Gasteiger partial charge is 0.530 e. The number of aromatic nitrogens is 1. The second-order valence-corrected chi connectivity index (χ2v) is 2.64. The fourth-order valence-corrected chi connectivity index (χ4v) is 1.02. The van der Waals surface area contributed by atoms with Crippen molar-refractivity contribution in [2.45, 2.75) is 13.5 Å². The van der Waals surface area contributed by atoms with E-state index in [4.69, 9.17) is 0 Å². The Morgan fingerprint density at radius 3 is 2.92 bits per heavy atom. The minimum absolute atomic E-state index is 0.340. The summed E-state index contributed by atoms with van der Waals surface area (Å²) < 4.78 is 0. The first-order chi connectivity index (χ1) is 6.24. The zero-order chi connectivity index (χ0) is 9.68. The highest BCUT2D eigenvalue weighted by atomic mass is 16.4. The number of rotatable bonds is 3. The molecule has 0 atom stereocenters. The summed E-state index contributed by atoms with van der Waals surface area (Å²) in [5.74, 6) is 0. The van der Waals surface area contributed by atoms with Crippen molar-refractivity contribution < 1.29 is 9.90 Å². The third-order valence-electron chi connectivity index (χ3n) is 1.74. The average molecular weight is 179 g/mol. The van der Waals surface area contributed by atoms with Crippen molar-refractivity contribution >= 4 is 6.09 Å². The Balaban J connectivity index is 2.62. The number of hydrogen-bond donors (Lipinski definition) is 0. The molecule has 1 rings (SSSR count). The number of carboxylic acid groups (broad SMARTS) is 1. The predicted octanol–water partition coefficient (Wildman–Crippen LogP) is 0.247. The van der Waals surface area contributed by atoms with Crippen LogP contribution in [-0.4, -0.2) is 22.5 Å². The summed E-state index contributed by atoms with van der Waals surface area (Å²) in [5.41, 5.74) is 0.869. The van der Waals surface area contributed by atoms with Gasteiger partial charge in [-0.1, -0.05) is 6.07 Å². The molecule has 0 saturated carbocycles. The normalized spacial score (nSPS) is 9.62. The van der Waals surface area contributed by atoms with Gasteiger partial charge in [0, 0.05) is 25.5 Å². The highest BCUT2D eigenvalue weighted by Gasteiger charge is 2.01. The van der Waals surface area contributed by atoms with Crippen molar-refractivity contribution in [3.8, 4) is 0 Å². The van der Waals surface area contributed by atoms with Crippen LogP contribution in [0.25, 0.3) is 0 Å². The molecule has 1 amide bonds. The summed E-state index contributed by atoms with van der Waals surface area (Å²) in [5, 5.41) is 10.5. The lowest BCUT2D eigenvalue weighted by Gasteiger charge is -2.22. The van der Waals surface area contributed by atoms with Crippen LogP contribution in [0.15, 0.2) is 24.5 Å². The monoisotopic (exact) mass is 179 g/mol. The Kier molecular flexibility index (Phi) is 3.25. The maximum atomic E-state index is 10.5. The highest BCUT2D eigenvalue weighted by molar-refractivity contribution is 5.62. The molecule has 13 heavy (non-hydrogen) atoms. The summed E-state index contributed by atoms with van der Waals surface area (Å²) >= 11 is 0. The van der Waals surface area contributed by atoms with Gasteiger partial charge >= 0.3 is 0 Å². The zero-order valence-corrected chi connectivity index (χ0v) is 7.43. The van der Waals surface area contributed by atoms with Gasteiger partial charge in [-0.25, -0.2) is 0 Å². The van der Waals surface area contributed by atoms with Gasteiger partial charge in [0.25, 0.3) is 0 Å². The summed E-state index contributed by atoms with van der Waals surface area (Å²) in [7, 11) is 0. The van der Waals surface area contributed by atoms with E-state index in [-0.39, 0.29) is 0 Å². The number of carbonyl (C=O) groups excluding carboxylic acids is 1. The summed E-state index contributed by atoms with van der Waals surface area (Å²) in [4.78, 5) is 15.6. The summed E-state index contributed by atoms with van der Waals surface area (Å²) in [6.07, 6.45) is 2.15. The Hall–Kier alpha value is -1.58. The van der Waals surface area contributed by atoms with Crippen LogP contribution in [0.5, 0.6) is 0 Å². The maximum absolute atomic E-state index is 10.5. The van der Waals surface area contributed by atoms with Gasteiger partial charge in [-0.3, -0.25) is 4.98 Å². The number of amides is 1. The van der Waals surface area contributed by atoms with Crippen LogP contribution in [0, 0.1) is 0 Å². The van der Waals surface area contributed by atoms with E-state index in [1.54, 1.807) is 25.4 Å². The highest BCUT2D eigenvalue weighted by Crippen LogP contribution is 2.01. The molecule has 0 N–H and O–H groups in total. The van der Waals surface area contributed by atoms with E-state index in [1.807, 2.05) is 6.07 Å². The van der Waals surface area contributed by atoms with Crippen molar-refractivity contribution in [1.82, 2.24) is 9.88 Å². The molecule has 0 unspecified atom stereocenters. The van der Waals surface area contributed by atoms with Crippen molar-refractivity contribution in [1.29, 1.82) is 0 Å². The molecule has 0 aliphatic heterocycles. The van der Waals surface area contributed by atoms with Gasteiger partial charge in [-0.15, -0.1) is 0 Å². The van der Waals surface area contributed by atoms with E-state index in [2.05, 4.69) is 4.98 Å². The lowest BCUT2D eigenvalue weighted by Crippen LogP contribution is -2.40. The van der Waals surface area contributed by atoms with Gasteiger partial charge in [0.15, 0.2) is 0 Å². The second-order valence-electron chi connectivity index (χ2n) is 2.64. The van der Waals surface area contributed by atoms with Crippen molar-refractivity contribution in [3.05, 3.63) is 30.1 Å². The van der Waals surface area contributed by atoms with Gasteiger partial charge in [-0.05, 0) is 18.6 Å². The lowest BCUT2D eigenvalue weighted by molar-refractivity contribution is -0.266. The SMILES string of the molecule is CCN(Cc1cccnc1)C(=O)[O-]. The van der Waals surface area contributed by atoms with E-state index in [0.717, 1.165) is 5.56 Å². The van der Waals surface area contributed by atoms with Crippen LogP contribution in [0.2, 0.25) is 0 Å². The molecule has 1 aromatic rings. The smallest absolute Gasteiger partial charge is 0.137 e. The van der Waals surface area contributed by atoms with Crippen LogP contribution in [0.4, 0.5) is 4.79 Å². The van der Waals surface area contributed by atoms with E-state index in [9.17, 15) is 9.90 Å². The van der Waals surface area contributed by atoms with Crippen molar-refractivity contribution in [2.24, 2.45) is 0 Å². The van der Waals surface area contributed by atoms with Gasteiger partial charge < -0.3 is 14.8 Å². The fraction of sp³-hybridized carbons (Fsp3) is 0.333. The number of pyridine rings is 1. The molecule has 0 aliphatic rings. The molecule has 0 fully saturated rings. The second kappa shape index (κ2) is 4.45. The summed E-state index contributed by atoms with van der Waals surface area (Å²) in [6.45, 7) is 2.54. The van der Waals surface area contributed by atoms with E-state index in [1.165, 1.54) is 4.90 Å². The molecule has 0 aromatic carbocycles. The maximum Gasteiger partial charge on any atom is 0.137 e. The molecule has 0 radical (unpaired) electrons. The predicted molar refractivity (Wildman–Crippen MR) is 45.7 cm³/mol. The van der Waals surface area contributed by atoms with Crippen LogP contribution in [-0.2, 0) is 6.54 Å². The molecule has 0 aliphatic carbocycles. The average Bonchev–Trinajstić information content (AvgIpc) is 2.15. The van der Waals surface area contributed by atoms with Crippen LogP contribution < -0.4 is 5.11 Å². The number of nitrogens with zero attached hydrogens (tertiary/aromatic N) is 2. The minimum atomic E-state index is -1.15. The van der Waals surface area contributed by atoms with Crippen molar-refractivity contribution in [3.63, 3.8) is 0 Å². The third kappa shape index (κ3) is 2.74. The van der Waals surface area contributed by atoms with E-state index in [0.29, 0.717) is 13.1 Å². The van der Waals surface area contributed by atoms with Gasteiger partial charge in [0.1, 0.15) is 6.09 Å². The standard InChI is InChI=1S/C9H12N2O2/c1-2-11(9(12)13)7-8-4-3-5-10-6-8/h3-6H,2,7H2,1H3,(H,12,13)/p-1. The number of hydrogen-bond acceptors (Lipinski definition) is 3. The van der Waals surface area contributed by atoms with Crippen LogP contribution in [0.3, 0.4) is 0 Å². The Morgan fingerprint density at radius 2 is 2.46 bits per heavy atom. The first-order valence-electron chi connectivity index (χ1n) is 4.09. The quantitative estimate of drug-likeness (QED) is 0.668. The first-order valence-corrected chi connectivity index (χ1v) is 4.09. The zero-order valence-electron chi connectivity index (χ0n) is 7.43. The summed E-state index contributed by atoms with van der Waals surface area (Å²) in [6, 6.07) is 3.61. The Labute approximate surface area is 76.8 Å². The molecule has 1 heterocycles. The first kappa shape index (κ1) is 9.51. The lowest BCUT2D eigenvalue weighted by atomic mass is 10.3. The molecule has 4 nitrogen and oxygen atoms in total. The molecule has 0 spiro atoms. The Bertz CT molecular complexity index is 274. The third-order valence-corrected chi connectivity index (χ3v) is 1.74. The molecule has 70 valence electrons. The van der Waals surface area contributed by atoms with Crippen molar-refractivity contribution in [2.75, 3.05) is 6.54 Å². The van der Waals surface area contributed by atoms with Crippen LogP contribution >= 0.6 is 0 Å². The minimum Gasteiger partial charge on any atom is -0.530 e. The molecular weight excluding hydrogens is 168 g/mol. The van der Waals surface area contributed by atoms with E-state index < -0.39 is 6.09 Å². The molecule has 0 bridgehead atoms. The fourth-order valence-electron chi connectivity index (χ4n) is 1.02. The van der Waals surface area contributed by atoms with E-state index >= 15 is 0 Å². The van der Waals surface area contributed by atoms with Gasteiger partial charge in [0.05, 0.1) is 0 Å². The molecule has 0 saturated heterocycles. The molecule has 4 heteroatoms. The van der Waals surface area contributed by atoms with Gasteiger partial charge in [-0.2, -0.15) is 0 Å². The topological polar surface area (TPSA) is 56.3 Å². The van der Waals surface area contributed by atoms with Crippen LogP contribution in [0.1, 0.15) is 12.5 Å². The molecule has 1 aromatic heterocycles. The van der Waals surface area contributed by atoms with Gasteiger partial charge in [0.2, 0.25) is 0 Å². The Morgan fingerprint density at radius 1 is 1.69 bits per heavy atom. The number of carbonyl (C=O) groups is 1. The molecular formula is C9H11N2O2-.